The molecule has 2 atom stereocenters. The van der Waals surface area contributed by atoms with Crippen LogP contribution >= 0.6 is 0 Å². The second-order valence-corrected chi connectivity index (χ2v) is 5.83. The van der Waals surface area contributed by atoms with Gasteiger partial charge in [-0.25, -0.2) is 4.39 Å². The zero-order valence-electron chi connectivity index (χ0n) is 13.4. The molecule has 0 saturated carbocycles. The Morgan fingerprint density at radius 1 is 1.48 bits per heavy atom. The van der Waals surface area contributed by atoms with Gasteiger partial charge >= 0.3 is 0 Å². The molecule has 4 heteroatoms. The highest BCUT2D eigenvalue weighted by atomic mass is 19.1. The molecule has 2 unspecified atom stereocenters. The molecule has 3 nitrogen and oxygen atoms in total. The molecule has 1 fully saturated rings. The van der Waals surface area contributed by atoms with Gasteiger partial charge in [0.25, 0.3) is 0 Å². The number of benzene rings is 1. The van der Waals surface area contributed by atoms with Crippen LogP contribution in [0.4, 0.5) is 10.1 Å². The van der Waals surface area contributed by atoms with Crippen LogP contribution in [0.1, 0.15) is 45.2 Å². The minimum atomic E-state index is -0.133. The highest BCUT2D eigenvalue weighted by Crippen LogP contribution is 2.30. The van der Waals surface area contributed by atoms with E-state index in [9.17, 15) is 4.39 Å². The van der Waals surface area contributed by atoms with Crippen molar-refractivity contribution in [2.45, 2.75) is 45.8 Å². The maximum atomic E-state index is 14.5. The maximum absolute atomic E-state index is 14.5. The summed E-state index contributed by atoms with van der Waals surface area (Å²) in [5.74, 6) is -0.133. The molecular weight excluding hydrogens is 267 g/mol. The van der Waals surface area contributed by atoms with Gasteiger partial charge in [-0.3, -0.25) is 0 Å². The van der Waals surface area contributed by atoms with Crippen molar-refractivity contribution in [3.63, 3.8) is 0 Å². The van der Waals surface area contributed by atoms with Crippen molar-refractivity contribution >= 4 is 5.69 Å². The molecule has 21 heavy (non-hydrogen) atoms. The monoisotopic (exact) mass is 294 g/mol. The number of rotatable bonds is 5. The summed E-state index contributed by atoms with van der Waals surface area (Å²) < 4.78 is 20.1. The number of ether oxygens (including phenoxy) is 1. The van der Waals surface area contributed by atoms with Gasteiger partial charge in [-0.2, -0.15) is 0 Å². The van der Waals surface area contributed by atoms with Gasteiger partial charge in [-0.15, -0.1) is 0 Å². The van der Waals surface area contributed by atoms with Gasteiger partial charge in [0.05, 0.1) is 11.8 Å². The lowest BCUT2D eigenvalue weighted by molar-refractivity contribution is 0.0820. The molecule has 118 valence electrons. The van der Waals surface area contributed by atoms with Gasteiger partial charge in [0, 0.05) is 25.7 Å². The van der Waals surface area contributed by atoms with Crippen LogP contribution in [0.3, 0.4) is 0 Å². The Morgan fingerprint density at radius 2 is 2.29 bits per heavy atom. The second kappa shape index (κ2) is 7.76. The Morgan fingerprint density at radius 3 is 3.05 bits per heavy atom. The van der Waals surface area contributed by atoms with Crippen LogP contribution in [-0.2, 0) is 4.74 Å². The van der Waals surface area contributed by atoms with Crippen molar-refractivity contribution in [3.05, 3.63) is 29.6 Å². The number of anilines is 1. The molecule has 0 aliphatic carbocycles. The molecule has 1 aliphatic rings. The minimum absolute atomic E-state index is 0.133. The third kappa shape index (κ3) is 4.17. The first-order chi connectivity index (χ1) is 10.1. The predicted molar refractivity (Wildman–Crippen MR) is 85.4 cm³/mol. The summed E-state index contributed by atoms with van der Waals surface area (Å²) in [6, 6.07) is 5.54. The quantitative estimate of drug-likeness (QED) is 0.899. The SMILES string of the molecule is CCCNC(C)c1cccc(F)c1N1CCCOC(C)C1. The lowest BCUT2D eigenvalue weighted by Crippen LogP contribution is -2.33. The summed E-state index contributed by atoms with van der Waals surface area (Å²) in [6.45, 7) is 9.58. The molecule has 1 aromatic rings. The molecule has 1 aromatic carbocycles. The first-order valence-corrected chi connectivity index (χ1v) is 8.01. The molecule has 0 bridgehead atoms. The van der Waals surface area contributed by atoms with E-state index in [1.165, 1.54) is 0 Å². The Balaban J connectivity index is 2.27. The summed E-state index contributed by atoms with van der Waals surface area (Å²) in [5, 5.41) is 3.46. The van der Waals surface area contributed by atoms with E-state index in [0.29, 0.717) is 0 Å². The van der Waals surface area contributed by atoms with E-state index in [1.54, 1.807) is 12.1 Å². The molecule has 0 spiro atoms. The summed E-state index contributed by atoms with van der Waals surface area (Å²) >= 11 is 0. The number of halogens is 1. The molecule has 0 aromatic heterocycles. The summed E-state index contributed by atoms with van der Waals surface area (Å²) in [4.78, 5) is 2.15. The Hall–Kier alpha value is -1.13. The third-order valence-electron chi connectivity index (χ3n) is 3.95. The second-order valence-electron chi connectivity index (χ2n) is 5.83. The van der Waals surface area contributed by atoms with Gasteiger partial charge < -0.3 is 15.0 Å². The zero-order chi connectivity index (χ0) is 15.2. The van der Waals surface area contributed by atoms with Crippen molar-refractivity contribution in [3.8, 4) is 0 Å². The van der Waals surface area contributed by atoms with Crippen LogP contribution < -0.4 is 10.2 Å². The van der Waals surface area contributed by atoms with Crippen molar-refractivity contribution in [2.75, 3.05) is 31.1 Å². The summed E-state index contributed by atoms with van der Waals surface area (Å²) in [5.41, 5.74) is 1.78. The lowest BCUT2D eigenvalue weighted by Gasteiger charge is -2.29. The fraction of sp³-hybridized carbons (Fsp3) is 0.647. The van der Waals surface area contributed by atoms with Crippen LogP contribution in [0.15, 0.2) is 18.2 Å². The predicted octanol–water partition coefficient (Wildman–Crippen LogP) is 3.50. The van der Waals surface area contributed by atoms with Gasteiger partial charge in [-0.05, 0) is 44.9 Å². The highest BCUT2D eigenvalue weighted by Gasteiger charge is 2.22. The number of nitrogens with zero attached hydrogens (tertiary/aromatic N) is 1. The fourth-order valence-corrected chi connectivity index (χ4v) is 2.88. The molecular formula is C17H27FN2O. The van der Waals surface area contributed by atoms with Crippen molar-refractivity contribution in [1.29, 1.82) is 0 Å². The van der Waals surface area contributed by atoms with Gasteiger partial charge in [0.1, 0.15) is 5.82 Å². The first kappa shape index (κ1) is 16.2. The first-order valence-electron chi connectivity index (χ1n) is 8.01. The average Bonchev–Trinajstić information content (AvgIpc) is 2.68. The number of hydrogen-bond acceptors (Lipinski definition) is 3. The zero-order valence-corrected chi connectivity index (χ0v) is 13.4. The van der Waals surface area contributed by atoms with Gasteiger partial charge in [0.15, 0.2) is 0 Å². The van der Waals surface area contributed by atoms with Crippen LogP contribution in [0.5, 0.6) is 0 Å². The molecule has 1 aliphatic heterocycles. The topological polar surface area (TPSA) is 24.5 Å². The van der Waals surface area contributed by atoms with E-state index < -0.39 is 0 Å². The minimum Gasteiger partial charge on any atom is -0.377 e. The van der Waals surface area contributed by atoms with E-state index in [-0.39, 0.29) is 18.0 Å². The number of hydrogen-bond donors (Lipinski definition) is 1. The number of para-hydroxylation sites is 1. The molecule has 1 heterocycles. The van der Waals surface area contributed by atoms with E-state index in [0.717, 1.165) is 50.3 Å². The van der Waals surface area contributed by atoms with Crippen molar-refractivity contribution in [1.82, 2.24) is 5.32 Å². The smallest absolute Gasteiger partial charge is 0.146 e. The molecule has 1 saturated heterocycles. The summed E-state index contributed by atoms with van der Waals surface area (Å²) in [6.07, 6.45) is 2.15. The Labute approximate surface area is 127 Å². The van der Waals surface area contributed by atoms with Crippen LogP contribution in [0.2, 0.25) is 0 Å². The Bertz CT molecular complexity index is 452. The van der Waals surface area contributed by atoms with Crippen molar-refractivity contribution < 1.29 is 9.13 Å². The third-order valence-corrected chi connectivity index (χ3v) is 3.95. The Kier molecular flexibility index (Phi) is 6.00. The maximum Gasteiger partial charge on any atom is 0.146 e. The molecule has 0 amide bonds. The van der Waals surface area contributed by atoms with Crippen LogP contribution in [-0.4, -0.2) is 32.3 Å². The highest BCUT2D eigenvalue weighted by molar-refractivity contribution is 5.56. The van der Waals surface area contributed by atoms with E-state index in [2.05, 4.69) is 31.0 Å². The van der Waals surface area contributed by atoms with Crippen LogP contribution in [0, 0.1) is 5.82 Å². The summed E-state index contributed by atoms with van der Waals surface area (Å²) in [7, 11) is 0. The van der Waals surface area contributed by atoms with Crippen molar-refractivity contribution in [2.24, 2.45) is 0 Å². The number of nitrogens with one attached hydrogen (secondary N) is 1. The fourth-order valence-electron chi connectivity index (χ4n) is 2.88. The van der Waals surface area contributed by atoms with E-state index in [1.807, 2.05) is 6.07 Å². The normalized spacial score (nSPS) is 21.1. The van der Waals surface area contributed by atoms with E-state index >= 15 is 0 Å². The largest absolute Gasteiger partial charge is 0.377 e. The average molecular weight is 294 g/mol. The van der Waals surface area contributed by atoms with E-state index in [4.69, 9.17) is 4.74 Å². The molecule has 0 radical (unpaired) electrons. The molecule has 2 rings (SSSR count). The standard InChI is InChI=1S/C17H27FN2O/c1-4-9-19-14(3)15-7-5-8-16(18)17(15)20-10-6-11-21-13(2)12-20/h5,7-8,13-14,19H,4,6,9-12H2,1-3H3. The van der Waals surface area contributed by atoms with Gasteiger partial charge in [-0.1, -0.05) is 19.1 Å². The van der Waals surface area contributed by atoms with Gasteiger partial charge in [0.2, 0.25) is 0 Å². The molecule has 1 N–H and O–H groups in total. The lowest BCUT2D eigenvalue weighted by atomic mass is 10.0. The van der Waals surface area contributed by atoms with Crippen LogP contribution in [0.25, 0.3) is 0 Å².